The SMILES string of the molecule is CCCN1CCC(NC(=NC)NCc2ccc(NC(=O)NC(C)C)cc2)CC1.I. The fourth-order valence-electron chi connectivity index (χ4n) is 3.33. The van der Waals surface area contributed by atoms with Crippen molar-refractivity contribution in [1.82, 2.24) is 20.9 Å². The smallest absolute Gasteiger partial charge is 0.319 e. The van der Waals surface area contributed by atoms with Gasteiger partial charge in [0.15, 0.2) is 5.96 Å². The van der Waals surface area contributed by atoms with Crippen LogP contribution in [0, 0.1) is 0 Å². The van der Waals surface area contributed by atoms with Crippen LogP contribution in [-0.2, 0) is 6.54 Å². The number of hydrogen-bond acceptors (Lipinski definition) is 3. The maximum atomic E-state index is 11.7. The van der Waals surface area contributed by atoms with E-state index in [9.17, 15) is 4.79 Å². The second kappa shape index (κ2) is 13.6. The average Bonchev–Trinajstić information content (AvgIpc) is 2.67. The van der Waals surface area contributed by atoms with E-state index in [-0.39, 0.29) is 36.0 Å². The number of nitrogens with one attached hydrogen (secondary N) is 4. The summed E-state index contributed by atoms with van der Waals surface area (Å²) < 4.78 is 0. The van der Waals surface area contributed by atoms with E-state index in [0.29, 0.717) is 12.6 Å². The number of nitrogens with zero attached hydrogens (tertiary/aromatic N) is 2. The summed E-state index contributed by atoms with van der Waals surface area (Å²) >= 11 is 0. The summed E-state index contributed by atoms with van der Waals surface area (Å²) in [4.78, 5) is 18.6. The van der Waals surface area contributed by atoms with E-state index in [2.05, 4.69) is 38.1 Å². The summed E-state index contributed by atoms with van der Waals surface area (Å²) in [5, 5.41) is 12.6. The first-order chi connectivity index (χ1) is 13.5. The molecular formula is C21H37IN6O. The Morgan fingerprint density at radius 3 is 2.41 bits per heavy atom. The van der Waals surface area contributed by atoms with E-state index in [0.717, 1.165) is 43.1 Å². The van der Waals surface area contributed by atoms with Gasteiger partial charge in [-0.3, -0.25) is 4.99 Å². The first kappa shape index (κ1) is 25.5. The van der Waals surface area contributed by atoms with Crippen molar-refractivity contribution in [2.75, 3.05) is 32.0 Å². The van der Waals surface area contributed by atoms with Crippen LogP contribution in [0.4, 0.5) is 10.5 Å². The van der Waals surface area contributed by atoms with Gasteiger partial charge in [-0.2, -0.15) is 0 Å². The molecule has 0 spiro atoms. The molecule has 1 fully saturated rings. The third kappa shape index (κ3) is 9.66. The molecule has 164 valence electrons. The Balaban J connectivity index is 0.00000420. The number of guanidine groups is 1. The highest BCUT2D eigenvalue weighted by atomic mass is 127. The summed E-state index contributed by atoms with van der Waals surface area (Å²) in [5.74, 6) is 0.840. The highest BCUT2D eigenvalue weighted by Gasteiger charge is 2.19. The van der Waals surface area contributed by atoms with Crippen LogP contribution < -0.4 is 21.3 Å². The molecule has 0 aliphatic carbocycles. The van der Waals surface area contributed by atoms with Crippen molar-refractivity contribution in [3.8, 4) is 0 Å². The van der Waals surface area contributed by atoms with Crippen molar-refractivity contribution in [2.45, 2.75) is 58.7 Å². The van der Waals surface area contributed by atoms with Gasteiger partial charge in [0.25, 0.3) is 0 Å². The molecule has 7 nitrogen and oxygen atoms in total. The number of hydrogen-bond donors (Lipinski definition) is 4. The third-order valence-corrected chi connectivity index (χ3v) is 4.78. The molecule has 0 saturated carbocycles. The Morgan fingerprint density at radius 2 is 1.86 bits per heavy atom. The van der Waals surface area contributed by atoms with Crippen LogP contribution in [0.15, 0.2) is 29.3 Å². The van der Waals surface area contributed by atoms with Gasteiger partial charge < -0.3 is 26.2 Å². The molecule has 0 aromatic heterocycles. The fourth-order valence-corrected chi connectivity index (χ4v) is 3.33. The highest BCUT2D eigenvalue weighted by Crippen LogP contribution is 2.11. The van der Waals surface area contributed by atoms with Crippen molar-refractivity contribution < 1.29 is 4.79 Å². The number of carbonyl (C=O) groups excluding carboxylic acids is 1. The van der Waals surface area contributed by atoms with Crippen LogP contribution in [0.1, 0.15) is 45.6 Å². The molecule has 0 atom stereocenters. The minimum Gasteiger partial charge on any atom is -0.354 e. The molecule has 29 heavy (non-hydrogen) atoms. The zero-order chi connectivity index (χ0) is 20.4. The number of anilines is 1. The molecule has 4 N–H and O–H groups in total. The van der Waals surface area contributed by atoms with Crippen molar-refractivity contribution in [2.24, 2.45) is 4.99 Å². The molecule has 1 heterocycles. The number of benzene rings is 1. The van der Waals surface area contributed by atoms with Gasteiger partial charge in [0.2, 0.25) is 0 Å². The number of carbonyl (C=O) groups is 1. The Hall–Kier alpha value is -1.55. The number of urea groups is 1. The van der Waals surface area contributed by atoms with Crippen LogP contribution in [-0.4, -0.2) is 55.7 Å². The van der Waals surface area contributed by atoms with Gasteiger partial charge in [-0.05, 0) is 57.4 Å². The monoisotopic (exact) mass is 516 g/mol. The average molecular weight is 516 g/mol. The second-order valence-corrected chi connectivity index (χ2v) is 7.64. The van der Waals surface area contributed by atoms with E-state index in [1.54, 1.807) is 0 Å². The molecule has 0 unspecified atom stereocenters. The van der Waals surface area contributed by atoms with Gasteiger partial charge >= 0.3 is 6.03 Å². The molecule has 1 aliphatic heterocycles. The van der Waals surface area contributed by atoms with Crippen LogP contribution in [0.25, 0.3) is 0 Å². The Labute approximate surface area is 192 Å². The predicted molar refractivity (Wildman–Crippen MR) is 132 cm³/mol. The summed E-state index contributed by atoms with van der Waals surface area (Å²) in [6, 6.07) is 8.25. The lowest BCUT2D eigenvalue weighted by Gasteiger charge is -2.32. The third-order valence-electron chi connectivity index (χ3n) is 4.78. The molecule has 2 rings (SSSR count). The normalized spacial score (nSPS) is 15.6. The van der Waals surface area contributed by atoms with Gasteiger partial charge in [-0.15, -0.1) is 24.0 Å². The van der Waals surface area contributed by atoms with Crippen LogP contribution in [0.3, 0.4) is 0 Å². The Kier molecular flexibility index (Phi) is 12.0. The highest BCUT2D eigenvalue weighted by molar-refractivity contribution is 14.0. The summed E-state index contributed by atoms with van der Waals surface area (Å²) in [7, 11) is 1.81. The Bertz CT molecular complexity index is 627. The number of aliphatic imine (C=N–C) groups is 1. The van der Waals surface area contributed by atoms with Gasteiger partial charge in [-0.1, -0.05) is 19.1 Å². The number of piperidine rings is 1. The summed E-state index contributed by atoms with van der Waals surface area (Å²) in [5.41, 5.74) is 1.92. The van der Waals surface area contributed by atoms with Crippen molar-refractivity contribution in [3.63, 3.8) is 0 Å². The van der Waals surface area contributed by atoms with Crippen LogP contribution in [0.5, 0.6) is 0 Å². The maximum absolute atomic E-state index is 11.7. The minimum atomic E-state index is -0.185. The first-order valence-electron chi connectivity index (χ1n) is 10.4. The van der Waals surface area contributed by atoms with Gasteiger partial charge in [0, 0.05) is 44.5 Å². The number of likely N-dealkylation sites (tertiary alicyclic amines) is 1. The van der Waals surface area contributed by atoms with E-state index in [1.807, 2.05) is 45.2 Å². The van der Waals surface area contributed by atoms with Crippen molar-refractivity contribution in [3.05, 3.63) is 29.8 Å². The summed E-state index contributed by atoms with van der Waals surface area (Å²) in [6.45, 7) is 10.3. The molecule has 1 aromatic carbocycles. The number of halogens is 1. The van der Waals surface area contributed by atoms with Crippen LogP contribution in [0.2, 0.25) is 0 Å². The number of rotatable bonds is 7. The first-order valence-corrected chi connectivity index (χ1v) is 10.4. The molecule has 1 saturated heterocycles. The minimum absolute atomic E-state index is 0. The summed E-state index contributed by atoms with van der Waals surface area (Å²) in [6.07, 6.45) is 3.52. The Morgan fingerprint density at radius 1 is 1.21 bits per heavy atom. The zero-order valence-corrected chi connectivity index (χ0v) is 20.5. The zero-order valence-electron chi connectivity index (χ0n) is 18.1. The molecule has 0 radical (unpaired) electrons. The lowest BCUT2D eigenvalue weighted by molar-refractivity contribution is 0.206. The van der Waals surface area contributed by atoms with Gasteiger partial charge in [0.1, 0.15) is 0 Å². The maximum Gasteiger partial charge on any atom is 0.319 e. The lowest BCUT2D eigenvalue weighted by Crippen LogP contribution is -2.48. The van der Waals surface area contributed by atoms with Crippen molar-refractivity contribution >= 4 is 41.7 Å². The topological polar surface area (TPSA) is 80.8 Å². The molecule has 2 amide bonds. The predicted octanol–water partition coefficient (Wildman–Crippen LogP) is 3.37. The molecule has 1 aromatic rings. The van der Waals surface area contributed by atoms with Gasteiger partial charge in [-0.25, -0.2) is 4.79 Å². The largest absolute Gasteiger partial charge is 0.354 e. The van der Waals surface area contributed by atoms with E-state index >= 15 is 0 Å². The lowest BCUT2D eigenvalue weighted by atomic mass is 10.1. The molecule has 1 aliphatic rings. The molecular weight excluding hydrogens is 479 g/mol. The van der Waals surface area contributed by atoms with E-state index in [4.69, 9.17) is 0 Å². The molecule has 8 heteroatoms. The van der Waals surface area contributed by atoms with Crippen molar-refractivity contribution in [1.29, 1.82) is 0 Å². The van der Waals surface area contributed by atoms with Gasteiger partial charge in [0.05, 0.1) is 0 Å². The van der Waals surface area contributed by atoms with E-state index in [1.165, 1.54) is 13.0 Å². The second-order valence-electron chi connectivity index (χ2n) is 7.64. The number of amides is 2. The van der Waals surface area contributed by atoms with E-state index < -0.39 is 0 Å². The molecule has 0 bridgehead atoms. The van der Waals surface area contributed by atoms with Crippen LogP contribution >= 0.6 is 24.0 Å². The quantitative estimate of drug-likeness (QED) is 0.255. The standard InChI is InChI=1S/C21H36N6O.HI/c1-5-12-27-13-10-19(11-14-27)25-20(22-4)23-15-17-6-8-18(9-7-17)26-21(28)24-16(2)3;/h6-9,16,19H,5,10-15H2,1-4H3,(H2,22,23,25)(H2,24,26,28);1H. The fraction of sp³-hybridized carbons (Fsp3) is 0.619.